The molecule has 21 heavy (non-hydrogen) atoms. The summed E-state index contributed by atoms with van der Waals surface area (Å²) in [5.41, 5.74) is 9.78. The molecule has 3 nitrogen and oxygen atoms in total. The van der Waals surface area contributed by atoms with E-state index in [2.05, 4.69) is 26.0 Å². The highest BCUT2D eigenvalue weighted by Crippen LogP contribution is 2.29. The summed E-state index contributed by atoms with van der Waals surface area (Å²) in [7, 11) is 0. The van der Waals surface area contributed by atoms with Crippen molar-refractivity contribution >= 4 is 18.3 Å². The number of carbonyl (C=O) groups excluding carboxylic acids is 1. The Morgan fingerprint density at radius 2 is 2.00 bits per heavy atom. The van der Waals surface area contributed by atoms with Crippen LogP contribution in [0.25, 0.3) is 0 Å². The van der Waals surface area contributed by atoms with Crippen LogP contribution in [0.1, 0.15) is 48.2 Å². The smallest absolute Gasteiger partial charge is 0.253 e. The van der Waals surface area contributed by atoms with Crippen LogP contribution < -0.4 is 5.73 Å². The molecule has 1 aromatic carbocycles. The molecule has 1 aliphatic heterocycles. The molecule has 1 amide bonds. The van der Waals surface area contributed by atoms with E-state index >= 15 is 0 Å². The molecule has 1 heterocycles. The quantitative estimate of drug-likeness (QED) is 0.867. The Bertz CT molecular complexity index is 542. The van der Waals surface area contributed by atoms with Crippen molar-refractivity contribution in [1.29, 1.82) is 0 Å². The van der Waals surface area contributed by atoms with Crippen molar-refractivity contribution in [2.24, 2.45) is 11.1 Å². The summed E-state index contributed by atoms with van der Waals surface area (Å²) >= 11 is 0. The third-order valence-corrected chi connectivity index (χ3v) is 4.94. The summed E-state index contributed by atoms with van der Waals surface area (Å²) in [5.74, 6) is 0.166. The SMILES string of the molecule is CC1(C)CN(C(=O)c2ccc3c(c2)CCC3)CCC1N.Cl. The second-order valence-corrected chi connectivity index (χ2v) is 6.95. The molecule has 3 rings (SSSR count). The maximum atomic E-state index is 12.7. The second kappa shape index (κ2) is 5.98. The fourth-order valence-corrected chi connectivity index (χ4v) is 3.43. The van der Waals surface area contributed by atoms with Gasteiger partial charge in [0.25, 0.3) is 5.91 Å². The average Bonchev–Trinajstić information content (AvgIpc) is 2.88. The number of rotatable bonds is 1. The predicted molar refractivity (Wildman–Crippen MR) is 88.0 cm³/mol. The van der Waals surface area contributed by atoms with Crippen LogP contribution in [0.4, 0.5) is 0 Å². The van der Waals surface area contributed by atoms with Crippen molar-refractivity contribution in [2.75, 3.05) is 13.1 Å². The van der Waals surface area contributed by atoms with Crippen molar-refractivity contribution in [3.05, 3.63) is 34.9 Å². The number of carbonyl (C=O) groups is 1. The van der Waals surface area contributed by atoms with Crippen LogP contribution in [0.15, 0.2) is 18.2 Å². The number of fused-ring (bicyclic) bond motifs is 1. The lowest BCUT2D eigenvalue weighted by molar-refractivity contribution is 0.0533. The van der Waals surface area contributed by atoms with Gasteiger partial charge in [-0.05, 0) is 54.4 Å². The van der Waals surface area contributed by atoms with Crippen LogP contribution in [0.5, 0.6) is 0 Å². The zero-order valence-corrected chi connectivity index (χ0v) is 13.7. The van der Waals surface area contributed by atoms with E-state index in [1.165, 1.54) is 17.5 Å². The van der Waals surface area contributed by atoms with Crippen LogP contribution in [0.2, 0.25) is 0 Å². The highest BCUT2D eigenvalue weighted by molar-refractivity contribution is 5.94. The zero-order valence-electron chi connectivity index (χ0n) is 12.9. The van der Waals surface area contributed by atoms with E-state index in [1.54, 1.807) is 0 Å². The number of benzene rings is 1. The number of hydrogen-bond donors (Lipinski definition) is 1. The van der Waals surface area contributed by atoms with Gasteiger partial charge in [-0.3, -0.25) is 4.79 Å². The van der Waals surface area contributed by atoms with E-state index in [9.17, 15) is 4.79 Å². The fraction of sp³-hybridized carbons (Fsp3) is 0.588. The Morgan fingerprint density at radius 3 is 2.71 bits per heavy atom. The van der Waals surface area contributed by atoms with Gasteiger partial charge in [-0.1, -0.05) is 19.9 Å². The van der Waals surface area contributed by atoms with Gasteiger partial charge in [0.1, 0.15) is 0 Å². The topological polar surface area (TPSA) is 46.3 Å². The van der Waals surface area contributed by atoms with E-state index < -0.39 is 0 Å². The van der Waals surface area contributed by atoms with Gasteiger partial charge in [-0.25, -0.2) is 0 Å². The van der Waals surface area contributed by atoms with Crippen LogP contribution in [0, 0.1) is 5.41 Å². The van der Waals surface area contributed by atoms with E-state index in [0.29, 0.717) is 0 Å². The molecule has 0 saturated carbocycles. The number of halogens is 1. The number of aryl methyl sites for hydroxylation is 2. The zero-order chi connectivity index (χ0) is 14.3. The van der Waals surface area contributed by atoms with E-state index in [0.717, 1.165) is 37.9 Å². The van der Waals surface area contributed by atoms with Crippen molar-refractivity contribution in [3.63, 3.8) is 0 Å². The number of likely N-dealkylation sites (tertiary alicyclic amines) is 1. The van der Waals surface area contributed by atoms with Crippen LogP contribution >= 0.6 is 12.4 Å². The minimum atomic E-state index is 0. The molecule has 0 radical (unpaired) electrons. The van der Waals surface area contributed by atoms with Crippen LogP contribution in [-0.2, 0) is 12.8 Å². The van der Waals surface area contributed by atoms with Gasteiger partial charge in [0.15, 0.2) is 0 Å². The second-order valence-electron chi connectivity index (χ2n) is 6.95. The Labute approximate surface area is 133 Å². The maximum absolute atomic E-state index is 12.7. The molecule has 1 atom stereocenters. The monoisotopic (exact) mass is 308 g/mol. The van der Waals surface area contributed by atoms with Gasteiger partial charge in [0, 0.05) is 24.7 Å². The summed E-state index contributed by atoms with van der Waals surface area (Å²) in [5, 5.41) is 0. The third kappa shape index (κ3) is 3.09. The summed E-state index contributed by atoms with van der Waals surface area (Å²) in [6, 6.07) is 6.42. The normalized spacial score (nSPS) is 23.4. The minimum absolute atomic E-state index is 0. The van der Waals surface area contributed by atoms with Crippen LogP contribution in [-0.4, -0.2) is 29.9 Å². The van der Waals surface area contributed by atoms with E-state index in [-0.39, 0.29) is 29.8 Å². The van der Waals surface area contributed by atoms with E-state index in [4.69, 9.17) is 5.73 Å². The molecule has 1 saturated heterocycles. The molecule has 2 aliphatic rings. The summed E-state index contributed by atoms with van der Waals surface area (Å²) < 4.78 is 0. The largest absolute Gasteiger partial charge is 0.338 e. The molecule has 4 heteroatoms. The molecular weight excluding hydrogens is 284 g/mol. The van der Waals surface area contributed by atoms with Gasteiger partial charge >= 0.3 is 0 Å². The first kappa shape index (κ1) is 16.3. The van der Waals surface area contributed by atoms with Gasteiger partial charge in [0.2, 0.25) is 0 Å². The standard InChI is InChI=1S/C17H24N2O.ClH/c1-17(2)11-19(9-8-15(17)18)16(20)14-7-6-12-4-3-5-13(12)10-14;/h6-7,10,15H,3-5,8-9,11,18H2,1-2H3;1H. The van der Waals surface area contributed by atoms with Crippen molar-refractivity contribution < 1.29 is 4.79 Å². The lowest BCUT2D eigenvalue weighted by atomic mass is 9.79. The fourth-order valence-electron chi connectivity index (χ4n) is 3.43. The lowest BCUT2D eigenvalue weighted by Crippen LogP contribution is -2.54. The Morgan fingerprint density at radius 1 is 1.29 bits per heavy atom. The maximum Gasteiger partial charge on any atom is 0.253 e. The highest BCUT2D eigenvalue weighted by Gasteiger charge is 2.35. The Hall–Kier alpha value is -1.06. The van der Waals surface area contributed by atoms with Gasteiger partial charge in [-0.2, -0.15) is 0 Å². The first-order chi connectivity index (χ1) is 9.47. The first-order valence-electron chi connectivity index (χ1n) is 7.64. The molecule has 116 valence electrons. The molecule has 0 spiro atoms. The van der Waals surface area contributed by atoms with Gasteiger partial charge in [-0.15, -0.1) is 12.4 Å². The molecule has 0 aromatic heterocycles. The predicted octanol–water partition coefficient (Wildman–Crippen LogP) is 2.80. The molecule has 1 aromatic rings. The third-order valence-electron chi connectivity index (χ3n) is 4.94. The van der Waals surface area contributed by atoms with Crippen LogP contribution in [0.3, 0.4) is 0 Å². The van der Waals surface area contributed by atoms with Crippen molar-refractivity contribution in [1.82, 2.24) is 4.90 Å². The summed E-state index contributed by atoms with van der Waals surface area (Å²) in [6.07, 6.45) is 4.39. The summed E-state index contributed by atoms with van der Waals surface area (Å²) in [6.45, 7) is 5.84. The molecule has 0 bridgehead atoms. The number of piperidine rings is 1. The molecule has 2 N–H and O–H groups in total. The van der Waals surface area contributed by atoms with Gasteiger partial charge < -0.3 is 10.6 Å². The molecular formula is C17H25ClN2O. The minimum Gasteiger partial charge on any atom is -0.338 e. The van der Waals surface area contributed by atoms with Gasteiger partial charge in [0.05, 0.1) is 0 Å². The van der Waals surface area contributed by atoms with E-state index in [1.807, 2.05) is 11.0 Å². The number of nitrogens with zero attached hydrogens (tertiary/aromatic N) is 1. The molecule has 1 fully saturated rings. The number of hydrogen-bond acceptors (Lipinski definition) is 2. The Kier molecular flexibility index (Phi) is 4.64. The first-order valence-corrected chi connectivity index (χ1v) is 7.64. The molecule has 1 aliphatic carbocycles. The van der Waals surface area contributed by atoms with Crippen molar-refractivity contribution in [2.45, 2.75) is 45.6 Å². The Balaban J connectivity index is 0.00000161. The lowest BCUT2D eigenvalue weighted by Gasteiger charge is -2.42. The number of nitrogens with two attached hydrogens (primary N) is 1. The highest BCUT2D eigenvalue weighted by atomic mass is 35.5. The average molecular weight is 309 g/mol. The molecule has 1 unspecified atom stereocenters. The number of amides is 1. The summed E-state index contributed by atoms with van der Waals surface area (Å²) in [4.78, 5) is 14.7. The van der Waals surface area contributed by atoms with Crippen molar-refractivity contribution in [3.8, 4) is 0 Å².